The Hall–Kier alpha value is -2.00. The van der Waals surface area contributed by atoms with Crippen molar-refractivity contribution in [3.63, 3.8) is 0 Å². The van der Waals surface area contributed by atoms with E-state index in [1.807, 2.05) is 19.2 Å². The van der Waals surface area contributed by atoms with Gasteiger partial charge in [0.05, 0.1) is 11.6 Å². The third kappa shape index (κ3) is 2.57. The van der Waals surface area contributed by atoms with Gasteiger partial charge >= 0.3 is 0 Å². The van der Waals surface area contributed by atoms with Crippen LogP contribution < -0.4 is 5.73 Å². The molecule has 86 valence electrons. The highest BCUT2D eigenvalue weighted by atomic mass is 32.2. The summed E-state index contributed by atoms with van der Waals surface area (Å²) in [6.07, 6.45) is 0. The maximum absolute atomic E-state index is 8.68. The third-order valence-corrected chi connectivity index (χ3v) is 3.41. The molecule has 0 saturated heterocycles. The summed E-state index contributed by atoms with van der Waals surface area (Å²) in [5.41, 5.74) is 7.39. The standard InChI is InChI=1S/C11H11N5S/c1-16-10(13)14-15-11(16)17-7-9-4-2-8(6-12)3-5-9/h2-5H,7H2,1H3,(H2,13,14). The monoisotopic (exact) mass is 245 g/mol. The number of benzene rings is 1. The highest BCUT2D eigenvalue weighted by molar-refractivity contribution is 7.98. The van der Waals surface area contributed by atoms with Gasteiger partial charge in [-0.1, -0.05) is 23.9 Å². The van der Waals surface area contributed by atoms with Crippen molar-refractivity contribution in [3.8, 4) is 6.07 Å². The molecule has 1 heterocycles. The topological polar surface area (TPSA) is 80.5 Å². The zero-order valence-corrected chi connectivity index (χ0v) is 10.1. The Kier molecular flexibility index (Phi) is 3.30. The lowest BCUT2D eigenvalue weighted by atomic mass is 10.2. The molecule has 2 aromatic rings. The Morgan fingerprint density at radius 3 is 2.59 bits per heavy atom. The summed E-state index contributed by atoms with van der Waals surface area (Å²) in [4.78, 5) is 0. The third-order valence-electron chi connectivity index (χ3n) is 2.32. The molecule has 0 fully saturated rings. The summed E-state index contributed by atoms with van der Waals surface area (Å²) in [5, 5.41) is 17.2. The zero-order valence-electron chi connectivity index (χ0n) is 9.29. The fourth-order valence-corrected chi connectivity index (χ4v) is 2.15. The molecule has 0 amide bonds. The minimum Gasteiger partial charge on any atom is -0.368 e. The number of rotatable bonds is 3. The number of nitrogen functional groups attached to an aromatic ring is 1. The maximum Gasteiger partial charge on any atom is 0.222 e. The lowest BCUT2D eigenvalue weighted by Crippen LogP contribution is -1.98. The van der Waals surface area contributed by atoms with Crippen molar-refractivity contribution in [2.45, 2.75) is 10.9 Å². The van der Waals surface area contributed by atoms with Crippen molar-refractivity contribution >= 4 is 17.7 Å². The molecule has 5 nitrogen and oxygen atoms in total. The van der Waals surface area contributed by atoms with Crippen LogP contribution in [-0.2, 0) is 12.8 Å². The quantitative estimate of drug-likeness (QED) is 0.830. The van der Waals surface area contributed by atoms with Crippen molar-refractivity contribution in [2.75, 3.05) is 5.73 Å². The SMILES string of the molecule is Cn1c(N)nnc1SCc1ccc(C#N)cc1. The molecule has 1 aromatic heterocycles. The second kappa shape index (κ2) is 4.89. The average Bonchev–Trinajstić information content (AvgIpc) is 2.68. The number of hydrogen-bond donors (Lipinski definition) is 1. The van der Waals surface area contributed by atoms with Crippen LogP contribution in [-0.4, -0.2) is 14.8 Å². The number of anilines is 1. The highest BCUT2D eigenvalue weighted by Gasteiger charge is 2.06. The Labute approximate surface area is 103 Å². The van der Waals surface area contributed by atoms with E-state index in [9.17, 15) is 0 Å². The van der Waals surface area contributed by atoms with Gasteiger partial charge in [0.2, 0.25) is 5.95 Å². The number of thioether (sulfide) groups is 1. The van der Waals surface area contributed by atoms with Gasteiger partial charge in [-0.25, -0.2) is 0 Å². The summed E-state index contributed by atoms with van der Waals surface area (Å²) in [6, 6.07) is 9.58. The van der Waals surface area contributed by atoms with Crippen molar-refractivity contribution in [3.05, 3.63) is 35.4 Å². The molecule has 0 aliphatic carbocycles. The first-order valence-electron chi connectivity index (χ1n) is 4.97. The summed E-state index contributed by atoms with van der Waals surface area (Å²) >= 11 is 1.56. The molecule has 0 spiro atoms. The number of aromatic nitrogens is 3. The number of nitriles is 1. The normalized spacial score (nSPS) is 10.1. The molecular formula is C11H11N5S. The predicted molar refractivity (Wildman–Crippen MR) is 66.1 cm³/mol. The summed E-state index contributed by atoms with van der Waals surface area (Å²) in [6.45, 7) is 0. The van der Waals surface area contributed by atoms with Crippen LogP contribution in [0.2, 0.25) is 0 Å². The van der Waals surface area contributed by atoms with Crippen LogP contribution in [0.3, 0.4) is 0 Å². The van der Waals surface area contributed by atoms with Gasteiger partial charge in [0, 0.05) is 12.8 Å². The Bertz CT molecular complexity index is 552. The second-order valence-electron chi connectivity index (χ2n) is 3.50. The minimum absolute atomic E-state index is 0.410. The van der Waals surface area contributed by atoms with Crippen molar-refractivity contribution < 1.29 is 0 Å². The molecule has 1 aromatic carbocycles. The first kappa shape index (κ1) is 11.5. The molecule has 6 heteroatoms. The molecule has 0 unspecified atom stereocenters. The van der Waals surface area contributed by atoms with Crippen LogP contribution >= 0.6 is 11.8 Å². The molecule has 0 bridgehead atoms. The second-order valence-corrected chi connectivity index (χ2v) is 4.44. The van der Waals surface area contributed by atoms with E-state index in [1.165, 1.54) is 0 Å². The van der Waals surface area contributed by atoms with E-state index in [2.05, 4.69) is 16.3 Å². The average molecular weight is 245 g/mol. The van der Waals surface area contributed by atoms with Crippen LogP contribution in [0.15, 0.2) is 29.4 Å². The molecule has 2 rings (SSSR count). The van der Waals surface area contributed by atoms with Crippen LogP contribution in [0.4, 0.5) is 5.95 Å². The van der Waals surface area contributed by atoms with E-state index >= 15 is 0 Å². The zero-order chi connectivity index (χ0) is 12.3. The van der Waals surface area contributed by atoms with E-state index in [-0.39, 0.29) is 0 Å². The molecule has 0 atom stereocenters. The van der Waals surface area contributed by atoms with Gasteiger partial charge in [0.1, 0.15) is 0 Å². The Balaban J connectivity index is 2.03. The largest absolute Gasteiger partial charge is 0.368 e. The smallest absolute Gasteiger partial charge is 0.222 e. The summed E-state index contributed by atoms with van der Waals surface area (Å²) in [7, 11) is 1.83. The molecule has 17 heavy (non-hydrogen) atoms. The number of nitrogens with two attached hydrogens (primary N) is 1. The van der Waals surface area contributed by atoms with Crippen LogP contribution in [0.1, 0.15) is 11.1 Å². The van der Waals surface area contributed by atoms with E-state index in [4.69, 9.17) is 11.0 Å². The summed E-state index contributed by atoms with van der Waals surface area (Å²) < 4.78 is 1.74. The van der Waals surface area contributed by atoms with Crippen LogP contribution in [0.5, 0.6) is 0 Å². The summed E-state index contributed by atoms with van der Waals surface area (Å²) in [5.74, 6) is 1.19. The molecular weight excluding hydrogens is 234 g/mol. The van der Waals surface area contributed by atoms with Gasteiger partial charge in [0.15, 0.2) is 5.16 Å². The first-order valence-corrected chi connectivity index (χ1v) is 5.96. The van der Waals surface area contributed by atoms with E-state index in [0.29, 0.717) is 11.5 Å². The molecule has 0 aliphatic heterocycles. The van der Waals surface area contributed by atoms with E-state index in [0.717, 1.165) is 16.5 Å². The molecule has 0 saturated carbocycles. The van der Waals surface area contributed by atoms with Gasteiger partial charge in [-0.2, -0.15) is 5.26 Å². The fourth-order valence-electron chi connectivity index (χ4n) is 1.28. The van der Waals surface area contributed by atoms with Crippen LogP contribution in [0, 0.1) is 11.3 Å². The van der Waals surface area contributed by atoms with Gasteiger partial charge in [-0.15, -0.1) is 10.2 Å². The minimum atomic E-state index is 0.410. The van der Waals surface area contributed by atoms with Gasteiger partial charge in [-0.05, 0) is 17.7 Å². The highest BCUT2D eigenvalue weighted by Crippen LogP contribution is 2.21. The predicted octanol–water partition coefficient (Wildman–Crippen LogP) is 1.56. The van der Waals surface area contributed by atoms with Gasteiger partial charge in [-0.3, -0.25) is 4.57 Å². The fraction of sp³-hybridized carbons (Fsp3) is 0.182. The molecule has 2 N–H and O–H groups in total. The number of nitrogens with zero attached hydrogens (tertiary/aromatic N) is 4. The van der Waals surface area contributed by atoms with Crippen molar-refractivity contribution in [1.29, 1.82) is 5.26 Å². The van der Waals surface area contributed by atoms with Crippen LogP contribution in [0.25, 0.3) is 0 Å². The van der Waals surface area contributed by atoms with Crippen molar-refractivity contribution in [2.24, 2.45) is 7.05 Å². The Morgan fingerprint density at radius 1 is 1.35 bits per heavy atom. The lowest BCUT2D eigenvalue weighted by Gasteiger charge is -2.01. The van der Waals surface area contributed by atoms with Gasteiger partial charge in [0.25, 0.3) is 0 Å². The molecule has 0 aliphatic rings. The molecule has 0 radical (unpaired) electrons. The van der Waals surface area contributed by atoms with E-state index in [1.54, 1.807) is 28.5 Å². The lowest BCUT2D eigenvalue weighted by molar-refractivity contribution is 0.796. The maximum atomic E-state index is 8.68. The van der Waals surface area contributed by atoms with Gasteiger partial charge < -0.3 is 5.73 Å². The van der Waals surface area contributed by atoms with E-state index < -0.39 is 0 Å². The first-order chi connectivity index (χ1) is 8.20. The van der Waals surface area contributed by atoms with Crippen molar-refractivity contribution in [1.82, 2.24) is 14.8 Å². The number of hydrogen-bond acceptors (Lipinski definition) is 5. The Morgan fingerprint density at radius 2 is 2.06 bits per heavy atom.